The number of hydrogen-bond acceptors (Lipinski definition) is 4. The summed E-state index contributed by atoms with van der Waals surface area (Å²) in [5, 5.41) is 0.538. The number of Topliss-reactive ketones (excluding diaryl/α,β-unsaturated/α-hetero) is 1. The second-order valence-corrected chi connectivity index (χ2v) is 5.17. The molecule has 1 amide bonds. The van der Waals surface area contributed by atoms with E-state index in [1.54, 1.807) is 26.1 Å². The predicted molar refractivity (Wildman–Crippen MR) is 76.0 cm³/mol. The van der Waals surface area contributed by atoms with Gasteiger partial charge in [0.25, 0.3) is 5.91 Å². The first-order valence-electron chi connectivity index (χ1n) is 5.82. The fraction of sp³-hybridized carbons (Fsp3) is 0.214. The van der Waals surface area contributed by atoms with Gasteiger partial charge in [0.1, 0.15) is 0 Å². The first kappa shape index (κ1) is 13.4. The van der Waals surface area contributed by atoms with Crippen LogP contribution in [0.3, 0.4) is 0 Å². The molecule has 0 bridgehead atoms. The van der Waals surface area contributed by atoms with Crippen LogP contribution >= 0.6 is 11.3 Å². The first-order chi connectivity index (χ1) is 9.00. The number of rotatable bonds is 3. The predicted octanol–water partition coefficient (Wildman–Crippen LogP) is 2.93. The van der Waals surface area contributed by atoms with E-state index in [2.05, 4.69) is 4.98 Å². The Morgan fingerprint density at radius 2 is 1.84 bits per heavy atom. The van der Waals surface area contributed by atoms with E-state index >= 15 is 0 Å². The van der Waals surface area contributed by atoms with Crippen LogP contribution in [0.15, 0.2) is 30.3 Å². The van der Waals surface area contributed by atoms with Crippen LogP contribution < -0.4 is 4.90 Å². The summed E-state index contributed by atoms with van der Waals surface area (Å²) in [5.74, 6) is -0.161. The summed E-state index contributed by atoms with van der Waals surface area (Å²) in [4.78, 5) is 30.0. The van der Waals surface area contributed by atoms with E-state index in [-0.39, 0.29) is 11.7 Å². The van der Waals surface area contributed by atoms with Crippen LogP contribution in [0.25, 0.3) is 0 Å². The van der Waals surface area contributed by atoms with E-state index in [9.17, 15) is 9.59 Å². The lowest BCUT2D eigenvalue weighted by Crippen LogP contribution is -2.25. The minimum Gasteiger partial charge on any atom is -0.294 e. The Bertz CT molecular complexity index is 620. The Morgan fingerprint density at radius 3 is 2.37 bits per heavy atom. The van der Waals surface area contributed by atoms with Gasteiger partial charge in [-0.25, -0.2) is 4.98 Å². The zero-order chi connectivity index (χ0) is 14.0. The van der Waals surface area contributed by atoms with Gasteiger partial charge in [-0.05, 0) is 19.1 Å². The zero-order valence-corrected chi connectivity index (χ0v) is 11.8. The third-order valence-corrected chi connectivity index (χ3v) is 4.05. The summed E-state index contributed by atoms with van der Waals surface area (Å²) in [5.41, 5.74) is 1.27. The molecule has 0 saturated carbocycles. The Kier molecular flexibility index (Phi) is 3.76. The van der Waals surface area contributed by atoms with Gasteiger partial charge in [-0.2, -0.15) is 0 Å². The topological polar surface area (TPSA) is 50.3 Å². The summed E-state index contributed by atoms with van der Waals surface area (Å²) in [6, 6.07) is 9.00. The zero-order valence-electron chi connectivity index (χ0n) is 11.0. The highest BCUT2D eigenvalue weighted by molar-refractivity contribution is 7.17. The number of aryl methyl sites for hydroxylation is 1. The van der Waals surface area contributed by atoms with Gasteiger partial charge in [-0.3, -0.25) is 14.5 Å². The van der Waals surface area contributed by atoms with Crippen molar-refractivity contribution in [3.8, 4) is 0 Å². The van der Waals surface area contributed by atoms with Crippen molar-refractivity contribution in [3.63, 3.8) is 0 Å². The number of carbonyl (C=O) groups is 2. The van der Waals surface area contributed by atoms with Crippen LogP contribution in [0.4, 0.5) is 5.13 Å². The average molecular weight is 274 g/mol. The summed E-state index contributed by atoms with van der Waals surface area (Å²) >= 11 is 1.24. The number of carbonyl (C=O) groups excluding carboxylic acids is 2. The molecular weight excluding hydrogens is 260 g/mol. The number of ketones is 1. The fourth-order valence-electron chi connectivity index (χ4n) is 1.71. The minimum atomic E-state index is -0.135. The van der Waals surface area contributed by atoms with E-state index in [0.717, 1.165) is 0 Å². The standard InChI is InChI=1S/C14H14N2O2S/c1-9-12(10(2)17)19-14(15-9)16(3)13(18)11-7-5-4-6-8-11/h4-8H,1-3H3. The lowest BCUT2D eigenvalue weighted by Gasteiger charge is -2.13. The lowest BCUT2D eigenvalue weighted by molar-refractivity contribution is 0.0990. The highest BCUT2D eigenvalue weighted by Crippen LogP contribution is 2.26. The average Bonchev–Trinajstić information content (AvgIpc) is 2.80. The molecule has 0 spiro atoms. The lowest BCUT2D eigenvalue weighted by atomic mass is 10.2. The van der Waals surface area contributed by atoms with Crippen molar-refractivity contribution < 1.29 is 9.59 Å². The molecule has 98 valence electrons. The second kappa shape index (κ2) is 5.32. The van der Waals surface area contributed by atoms with Gasteiger partial charge >= 0.3 is 0 Å². The van der Waals surface area contributed by atoms with Crippen molar-refractivity contribution in [1.82, 2.24) is 4.98 Å². The molecule has 0 atom stereocenters. The van der Waals surface area contributed by atoms with Gasteiger partial charge in [-0.15, -0.1) is 0 Å². The molecule has 2 rings (SSSR count). The monoisotopic (exact) mass is 274 g/mol. The quantitative estimate of drug-likeness (QED) is 0.809. The van der Waals surface area contributed by atoms with E-state index < -0.39 is 0 Å². The number of amides is 1. The third-order valence-electron chi connectivity index (χ3n) is 2.72. The highest BCUT2D eigenvalue weighted by Gasteiger charge is 2.19. The fourth-order valence-corrected chi connectivity index (χ4v) is 2.64. The largest absolute Gasteiger partial charge is 0.294 e. The molecule has 0 aliphatic carbocycles. The normalized spacial score (nSPS) is 10.3. The molecule has 0 radical (unpaired) electrons. The molecule has 1 aromatic heterocycles. The maximum atomic E-state index is 12.2. The smallest absolute Gasteiger partial charge is 0.259 e. The molecule has 0 N–H and O–H groups in total. The van der Waals surface area contributed by atoms with Gasteiger partial charge in [0, 0.05) is 19.5 Å². The van der Waals surface area contributed by atoms with Crippen molar-refractivity contribution in [2.24, 2.45) is 0 Å². The third kappa shape index (κ3) is 2.71. The van der Waals surface area contributed by atoms with E-state index in [1.807, 2.05) is 18.2 Å². The second-order valence-electron chi connectivity index (χ2n) is 4.20. The van der Waals surface area contributed by atoms with Crippen LogP contribution in [0.5, 0.6) is 0 Å². The number of nitrogens with zero attached hydrogens (tertiary/aromatic N) is 2. The SMILES string of the molecule is CC(=O)c1sc(N(C)C(=O)c2ccccc2)nc1C. The molecule has 19 heavy (non-hydrogen) atoms. The van der Waals surface area contributed by atoms with Gasteiger partial charge in [0.2, 0.25) is 0 Å². The highest BCUT2D eigenvalue weighted by atomic mass is 32.1. The van der Waals surface area contributed by atoms with Crippen molar-refractivity contribution in [2.45, 2.75) is 13.8 Å². The van der Waals surface area contributed by atoms with Crippen LogP contribution in [-0.2, 0) is 0 Å². The van der Waals surface area contributed by atoms with Crippen molar-refractivity contribution in [3.05, 3.63) is 46.5 Å². The molecule has 2 aromatic rings. The van der Waals surface area contributed by atoms with Gasteiger partial charge < -0.3 is 0 Å². The Hall–Kier alpha value is -2.01. The Labute approximate surface area is 115 Å². The molecular formula is C14H14N2O2S. The van der Waals surface area contributed by atoms with Crippen LogP contribution in [-0.4, -0.2) is 23.7 Å². The minimum absolute atomic E-state index is 0.0261. The molecule has 1 heterocycles. The maximum absolute atomic E-state index is 12.2. The number of anilines is 1. The number of hydrogen-bond donors (Lipinski definition) is 0. The van der Waals surface area contributed by atoms with Crippen molar-refractivity contribution in [1.29, 1.82) is 0 Å². The van der Waals surface area contributed by atoms with Crippen LogP contribution in [0.1, 0.15) is 32.6 Å². The van der Waals surface area contributed by atoms with E-state index in [4.69, 9.17) is 0 Å². The number of thiazole rings is 1. The summed E-state index contributed by atoms with van der Waals surface area (Å²) in [6.45, 7) is 3.28. The molecule has 0 aliphatic heterocycles. The Morgan fingerprint density at radius 1 is 1.21 bits per heavy atom. The molecule has 0 fully saturated rings. The van der Waals surface area contributed by atoms with Gasteiger partial charge in [-0.1, -0.05) is 29.5 Å². The van der Waals surface area contributed by atoms with E-state index in [0.29, 0.717) is 21.3 Å². The molecule has 5 heteroatoms. The summed E-state index contributed by atoms with van der Waals surface area (Å²) in [6.07, 6.45) is 0. The van der Waals surface area contributed by atoms with Crippen molar-refractivity contribution >= 4 is 28.2 Å². The summed E-state index contributed by atoms with van der Waals surface area (Å²) in [7, 11) is 1.66. The van der Waals surface area contributed by atoms with Crippen LogP contribution in [0.2, 0.25) is 0 Å². The van der Waals surface area contributed by atoms with Gasteiger partial charge in [0.15, 0.2) is 10.9 Å². The molecule has 0 aliphatic rings. The van der Waals surface area contributed by atoms with Crippen molar-refractivity contribution in [2.75, 3.05) is 11.9 Å². The van der Waals surface area contributed by atoms with E-state index in [1.165, 1.54) is 23.2 Å². The first-order valence-corrected chi connectivity index (χ1v) is 6.64. The van der Waals surface area contributed by atoms with Crippen LogP contribution in [0, 0.1) is 6.92 Å². The summed E-state index contributed by atoms with van der Waals surface area (Å²) < 4.78 is 0. The number of benzene rings is 1. The molecule has 0 saturated heterocycles. The van der Waals surface area contributed by atoms with Gasteiger partial charge in [0.05, 0.1) is 10.6 Å². The molecule has 1 aromatic carbocycles. The maximum Gasteiger partial charge on any atom is 0.259 e. The molecule has 0 unspecified atom stereocenters. The number of aromatic nitrogens is 1. The molecule has 4 nitrogen and oxygen atoms in total. The Balaban J connectivity index is 2.30.